The van der Waals surface area contributed by atoms with Gasteiger partial charge in [0.1, 0.15) is 40.5 Å². The molecule has 0 radical (unpaired) electrons. The Hall–Kier alpha value is -0.620. The number of aromatic nitrogens is 6. The first kappa shape index (κ1) is 81.4. The number of nitrogens with zero attached hydrogens (tertiary/aromatic N) is 8. The third-order valence-corrected chi connectivity index (χ3v) is 13.9. The molecule has 0 unspecified atom stereocenters. The fraction of sp³-hybridized carbons (Fsp3) is 0.111. The second kappa shape index (κ2) is 36.8. The van der Waals surface area contributed by atoms with Gasteiger partial charge in [-0.05, 0) is 71.8 Å². The second-order valence-corrected chi connectivity index (χ2v) is 21.1. The van der Waals surface area contributed by atoms with E-state index in [4.69, 9.17) is 0 Å². The van der Waals surface area contributed by atoms with Crippen molar-refractivity contribution in [1.82, 2.24) is 29.9 Å². The Morgan fingerprint density at radius 1 is 0.500 bits per heavy atom. The van der Waals surface area contributed by atoms with E-state index in [-0.39, 0.29) is 247 Å². The molecule has 6 rings (SSSR count). The fourth-order valence-corrected chi connectivity index (χ4v) is 9.71. The van der Waals surface area contributed by atoms with Crippen LogP contribution < -0.4 is 219 Å². The smallest absolute Gasteiger partial charge is 0.744 e. The van der Waals surface area contributed by atoms with Gasteiger partial charge in [-0.2, -0.15) is 38.6 Å². The van der Waals surface area contributed by atoms with Crippen molar-refractivity contribution < 1.29 is 279 Å². The van der Waals surface area contributed by atoms with Crippen LogP contribution >= 0.6 is 24.1 Å². The van der Waals surface area contributed by atoms with Crippen LogP contribution in [-0.4, -0.2) is 129 Å². The number of hydrogen-bond acceptors (Lipinski definition) is 36. The molecule has 4 aromatic carbocycles. The predicted octanol–water partition coefficient (Wildman–Crippen LogP) is -18.3. The van der Waals surface area contributed by atoms with Crippen molar-refractivity contribution in [2.24, 2.45) is 0 Å². The third kappa shape index (κ3) is 24.1. The second-order valence-electron chi connectivity index (χ2n) is 14.2. The van der Waals surface area contributed by atoms with Crippen LogP contribution in [0.15, 0.2) is 102 Å². The van der Waals surface area contributed by atoms with Gasteiger partial charge in [0.25, 0.3) is 5.95 Å². The standard InChI is InChI=1S/C36H36N12O22S6.6Na/c49-13-11-47(12-14-50)35-43-31(41-33(44-35)40-26-10-8-24(73(55,56)57)18-30(26)76(64,65)66)37-21-5-3-19(27(15-21)72-70-68-54)1-2-20-4-6-22(16-28(20)74(58,59)60)38-32-42-34(46-36(45-32)48(51)52)39-25-9-7-23(71-69-67-53)17-29(25)75(61,62)63;;;;;;/h1-10,15-18,49-54H,11-14H2,(H,55,56,57)(H,58,59,60)(H,61,62,63)(H,64,65,66)(H2,37,40,41,43,44)(H2,38,39,42,45,46);;;;;;/q;6*+1/p-6/b2-1+;;;;;;. The van der Waals surface area contributed by atoms with E-state index in [0.29, 0.717) is 24.2 Å². The van der Waals surface area contributed by atoms with E-state index >= 15 is 0 Å². The van der Waals surface area contributed by atoms with E-state index in [1.165, 1.54) is 41.3 Å². The Balaban J connectivity index is 0.0000109. The van der Waals surface area contributed by atoms with E-state index in [1.807, 2.05) is 0 Å². The monoisotopic (exact) mass is 1310 g/mol. The Kier molecular flexibility index (Phi) is 36.5. The van der Waals surface area contributed by atoms with Gasteiger partial charge in [-0.1, -0.05) is 29.5 Å². The summed E-state index contributed by atoms with van der Waals surface area (Å²) in [5.74, 6) is -3.25. The zero-order chi connectivity index (χ0) is 55.6. The SMILES string of the molecule is O=S(=O)([O-])c1ccc(Nc2nc(Nc3ccc(/C=C/c4ccc(Nc5nc(Nc6ccc(SOO[O-])cc6S(=O)(=O)[O-])nc(N(O)O)n5)cc4S(=O)(=O)[O-])c(SOO[O-])c3)nc(N(CCO)CCO)n2)c(S(=O)(=O)[O-])c1.[Na+].[Na+].[Na+].[Na+].[Na+].[Na+]. The van der Waals surface area contributed by atoms with E-state index < -0.39 is 114 Å². The molecule has 0 saturated carbocycles. The molecule has 6 aromatic rings. The minimum atomic E-state index is -5.46. The first-order valence-corrected chi connectivity index (χ1v) is 27.0. The molecule has 0 aliphatic carbocycles. The predicted molar refractivity (Wildman–Crippen MR) is 248 cm³/mol. The molecule has 2 heterocycles. The van der Waals surface area contributed by atoms with Crippen molar-refractivity contribution in [2.45, 2.75) is 29.4 Å². The van der Waals surface area contributed by atoms with Crippen LogP contribution in [0, 0.1) is 0 Å². The van der Waals surface area contributed by atoms with Gasteiger partial charge < -0.3 is 65.1 Å². The molecular formula is C36H30N12Na6O22S6. The summed E-state index contributed by atoms with van der Waals surface area (Å²) < 4.78 is 154. The topological polar surface area (TPSA) is 525 Å². The van der Waals surface area contributed by atoms with Crippen LogP contribution in [-0.2, 0) is 59.2 Å². The Morgan fingerprint density at radius 2 is 0.939 bits per heavy atom. The molecule has 46 heteroatoms. The molecular weight excluding hydrogens is 1280 g/mol. The van der Waals surface area contributed by atoms with Crippen molar-refractivity contribution in [3.63, 3.8) is 0 Å². The molecule has 82 heavy (non-hydrogen) atoms. The summed E-state index contributed by atoms with van der Waals surface area (Å²) in [6.45, 7) is -1.31. The van der Waals surface area contributed by atoms with Crippen LogP contribution in [0.2, 0.25) is 0 Å². The number of hydrogen-bond donors (Lipinski definition) is 8. The van der Waals surface area contributed by atoms with Crippen LogP contribution in [0.5, 0.6) is 0 Å². The maximum Gasteiger partial charge on any atom is 1.00 e. The Morgan fingerprint density at radius 3 is 1.41 bits per heavy atom. The average molecular weight is 1310 g/mol. The summed E-state index contributed by atoms with van der Waals surface area (Å²) in [7, 11) is -21.3. The van der Waals surface area contributed by atoms with Crippen molar-refractivity contribution in [3.8, 4) is 0 Å². The molecule has 0 amide bonds. The molecule has 8 N–H and O–H groups in total. The molecule has 34 nitrogen and oxygen atoms in total. The Labute approximate surface area is 606 Å². The first-order chi connectivity index (χ1) is 35.8. The molecule has 0 aliphatic rings. The summed E-state index contributed by atoms with van der Waals surface area (Å²) >= 11 is 0.593. The van der Waals surface area contributed by atoms with Crippen LogP contribution in [0.25, 0.3) is 12.2 Å². The van der Waals surface area contributed by atoms with E-state index in [0.717, 1.165) is 36.4 Å². The molecule has 0 fully saturated rings. The van der Waals surface area contributed by atoms with Gasteiger partial charge in [0.15, 0.2) is 0 Å². The first-order valence-electron chi connectivity index (χ1n) is 19.9. The molecule has 0 spiro atoms. The number of aliphatic hydroxyl groups excluding tert-OH is 2. The quantitative estimate of drug-likeness (QED) is 0.00624. The summed E-state index contributed by atoms with van der Waals surface area (Å²) in [6.07, 6.45) is 2.43. The number of anilines is 10. The summed E-state index contributed by atoms with van der Waals surface area (Å²) in [4.78, 5) is 21.2. The number of nitrogens with one attached hydrogen (secondary N) is 4. The average Bonchev–Trinajstić information content (AvgIpc) is 3.34. The molecule has 0 bridgehead atoms. The number of aliphatic hydroxyl groups is 2. The van der Waals surface area contributed by atoms with Crippen molar-refractivity contribution >= 4 is 135 Å². The van der Waals surface area contributed by atoms with Gasteiger partial charge in [0, 0.05) is 34.3 Å². The molecule has 0 atom stereocenters. The molecule has 0 saturated heterocycles. The number of rotatable bonds is 26. The molecule has 408 valence electrons. The van der Waals surface area contributed by atoms with Crippen LogP contribution in [0.1, 0.15) is 11.1 Å². The van der Waals surface area contributed by atoms with Crippen LogP contribution in [0.3, 0.4) is 0 Å². The molecule has 2 aromatic heterocycles. The van der Waals surface area contributed by atoms with Gasteiger partial charge in [0.05, 0.1) is 68.3 Å². The minimum absolute atomic E-state index is 0. The maximum atomic E-state index is 12.6. The van der Waals surface area contributed by atoms with Gasteiger partial charge in [-0.3, -0.25) is 20.5 Å². The summed E-state index contributed by atoms with van der Waals surface area (Å²) in [5.41, 5.74) is -1.23. The normalized spacial score (nSPS) is 11.3. The fourth-order valence-electron chi connectivity index (χ4n) is 6.14. The zero-order valence-electron chi connectivity index (χ0n) is 43.1. The van der Waals surface area contributed by atoms with E-state index in [1.54, 1.807) is 0 Å². The van der Waals surface area contributed by atoms with Gasteiger partial charge in [0.2, 0.25) is 29.7 Å². The van der Waals surface area contributed by atoms with Gasteiger partial charge in [-0.15, -0.1) is 0 Å². The minimum Gasteiger partial charge on any atom is -0.744 e. The van der Waals surface area contributed by atoms with Crippen molar-refractivity contribution in [2.75, 3.05) is 57.7 Å². The Bertz CT molecular complexity index is 3610. The maximum absolute atomic E-state index is 12.6. The van der Waals surface area contributed by atoms with Gasteiger partial charge >= 0.3 is 177 Å². The van der Waals surface area contributed by atoms with E-state index in [9.17, 15) is 83.0 Å². The van der Waals surface area contributed by atoms with Crippen molar-refractivity contribution in [3.05, 3.63) is 83.9 Å². The third-order valence-electron chi connectivity index (χ3n) is 9.24. The molecule has 0 aliphatic heterocycles. The summed E-state index contributed by atoms with van der Waals surface area (Å²) in [6, 6.07) is 12.1. The largest absolute Gasteiger partial charge is 1.00 e. The van der Waals surface area contributed by atoms with Crippen molar-refractivity contribution in [1.29, 1.82) is 0 Å². The number of benzene rings is 4. The van der Waals surface area contributed by atoms with Crippen LogP contribution in [0.4, 0.5) is 58.4 Å². The van der Waals surface area contributed by atoms with Gasteiger partial charge in [-0.25, -0.2) is 33.7 Å². The summed E-state index contributed by atoms with van der Waals surface area (Å²) in [5, 5.41) is 76.2. The zero-order valence-corrected chi connectivity index (χ0v) is 60.0. The van der Waals surface area contributed by atoms with E-state index in [2.05, 4.69) is 69.9 Å².